The van der Waals surface area contributed by atoms with E-state index in [0.717, 1.165) is 0 Å². The van der Waals surface area contributed by atoms with Gasteiger partial charge in [-0.3, -0.25) is 0 Å². The number of fused-ring (bicyclic) bond motifs is 18. The van der Waals surface area contributed by atoms with Crippen LogP contribution in [0.1, 0.15) is 72.2 Å². The molecule has 77 heavy (non-hydrogen) atoms. The lowest BCUT2D eigenvalue weighted by Gasteiger charge is -2.41. The summed E-state index contributed by atoms with van der Waals surface area (Å²) in [5, 5.41) is 7.52. The summed E-state index contributed by atoms with van der Waals surface area (Å²) in [6.45, 7) is 9.58. The van der Waals surface area contributed by atoms with Crippen molar-refractivity contribution in [2.24, 2.45) is 0 Å². The molecule has 4 aliphatic rings. The van der Waals surface area contributed by atoms with E-state index < -0.39 is 5.41 Å². The number of rotatable bonds is 3. The highest BCUT2D eigenvalue weighted by atomic mass is 15.1. The number of anilines is 4. The van der Waals surface area contributed by atoms with E-state index in [4.69, 9.17) is 0 Å². The molecular weight excluding hydrogens is 929 g/mol. The Morgan fingerprint density at radius 3 is 1.22 bits per heavy atom. The van der Waals surface area contributed by atoms with Crippen molar-refractivity contribution in [1.82, 2.24) is 0 Å². The van der Waals surface area contributed by atoms with Gasteiger partial charge in [0.05, 0.1) is 16.8 Å². The first-order valence-electron chi connectivity index (χ1n) is 27.4. The molecule has 0 aromatic heterocycles. The highest BCUT2D eigenvalue weighted by Gasteiger charge is 2.53. The fourth-order valence-corrected chi connectivity index (χ4v) is 15.5. The monoisotopic (exact) mass is 984 g/mol. The van der Waals surface area contributed by atoms with Crippen LogP contribution in [0.4, 0.5) is 22.7 Å². The molecule has 2 heterocycles. The summed E-state index contributed by atoms with van der Waals surface area (Å²) in [4.78, 5) is 4.90. The van der Waals surface area contributed by atoms with Crippen molar-refractivity contribution in [2.75, 3.05) is 23.9 Å². The summed E-state index contributed by atoms with van der Waals surface area (Å²) >= 11 is 0. The third-order valence-electron chi connectivity index (χ3n) is 18.9. The summed E-state index contributed by atoms with van der Waals surface area (Å²) < 4.78 is 0. The predicted molar refractivity (Wildman–Crippen MR) is 325 cm³/mol. The second kappa shape index (κ2) is 15.6. The molecule has 2 nitrogen and oxygen atoms in total. The van der Waals surface area contributed by atoms with Crippen molar-refractivity contribution in [3.63, 3.8) is 0 Å². The minimum Gasteiger partial charge on any atom is -0.344 e. The molecule has 366 valence electrons. The molecule has 0 bridgehead atoms. The van der Waals surface area contributed by atoms with Crippen LogP contribution in [-0.2, 0) is 16.2 Å². The molecule has 2 heteroatoms. The van der Waals surface area contributed by atoms with Crippen LogP contribution in [0.2, 0.25) is 0 Å². The maximum absolute atomic E-state index is 2.56. The normalized spacial score (nSPS) is 15.4. The van der Waals surface area contributed by atoms with Crippen molar-refractivity contribution in [2.45, 2.75) is 43.9 Å². The van der Waals surface area contributed by atoms with Gasteiger partial charge in [0.25, 0.3) is 0 Å². The molecular formula is C75H56N2. The zero-order valence-electron chi connectivity index (χ0n) is 44.3. The van der Waals surface area contributed by atoms with Gasteiger partial charge in [-0.15, -0.1) is 0 Å². The Kier molecular flexibility index (Phi) is 8.96. The van der Waals surface area contributed by atoms with Gasteiger partial charge in [-0.1, -0.05) is 240 Å². The van der Waals surface area contributed by atoms with E-state index >= 15 is 0 Å². The SMILES string of the molecule is CN1c2ccccc2C(C)(C)c2cccc(-c3cccc4c(-c5cccc6c5C5(c7ccccc7-c7ccccc75)c5ccc7ccccc7c5-6)c5cccc(-c6cccc7c6N(C)c6ccccc6C7(C)C)c5cc34)c21. The molecule has 0 amide bonds. The van der Waals surface area contributed by atoms with Crippen molar-refractivity contribution in [1.29, 1.82) is 0 Å². The summed E-state index contributed by atoms with van der Waals surface area (Å²) in [5.41, 5.74) is 27.5. The Bertz CT molecular complexity index is 4350. The molecule has 0 fully saturated rings. The smallest absolute Gasteiger partial charge is 0.0731 e. The van der Waals surface area contributed by atoms with E-state index in [0.29, 0.717) is 0 Å². The Labute approximate surface area is 451 Å². The van der Waals surface area contributed by atoms with Gasteiger partial charge in [0.15, 0.2) is 0 Å². The Hall–Kier alpha value is -8.98. The molecule has 2 aliphatic carbocycles. The average Bonchev–Trinajstić information content (AvgIpc) is 3.98. The van der Waals surface area contributed by atoms with Gasteiger partial charge in [0, 0.05) is 47.4 Å². The molecule has 0 saturated heterocycles. The van der Waals surface area contributed by atoms with Crippen LogP contribution in [0.3, 0.4) is 0 Å². The number of hydrogen-bond acceptors (Lipinski definition) is 2. The van der Waals surface area contributed by atoms with E-state index in [1.54, 1.807) is 0 Å². The van der Waals surface area contributed by atoms with E-state index in [1.165, 1.54) is 155 Å². The molecule has 2 aliphatic heterocycles. The first-order valence-corrected chi connectivity index (χ1v) is 27.4. The molecule has 12 aromatic rings. The molecule has 12 aromatic carbocycles. The van der Waals surface area contributed by atoms with Crippen molar-refractivity contribution in [3.05, 3.63) is 275 Å². The maximum Gasteiger partial charge on any atom is 0.0731 e. The topological polar surface area (TPSA) is 6.48 Å². The Morgan fingerprint density at radius 1 is 0.273 bits per heavy atom. The highest BCUT2D eigenvalue weighted by Crippen LogP contribution is 2.66. The van der Waals surface area contributed by atoms with Gasteiger partial charge in [0.1, 0.15) is 0 Å². The molecule has 0 N–H and O–H groups in total. The molecule has 0 atom stereocenters. The molecule has 1 spiro atoms. The van der Waals surface area contributed by atoms with Crippen LogP contribution < -0.4 is 9.80 Å². The third-order valence-corrected chi connectivity index (χ3v) is 18.9. The lowest BCUT2D eigenvalue weighted by molar-refractivity contribution is 0.630. The van der Waals surface area contributed by atoms with Crippen molar-refractivity contribution < 1.29 is 0 Å². The minimum atomic E-state index is -0.581. The first kappa shape index (κ1) is 44.3. The predicted octanol–water partition coefficient (Wildman–Crippen LogP) is 19.3. The van der Waals surface area contributed by atoms with Crippen molar-refractivity contribution >= 4 is 55.1 Å². The largest absolute Gasteiger partial charge is 0.344 e. The van der Waals surface area contributed by atoms with Crippen LogP contribution in [0.5, 0.6) is 0 Å². The third kappa shape index (κ3) is 5.60. The van der Waals surface area contributed by atoms with Crippen LogP contribution in [-0.4, -0.2) is 14.1 Å². The van der Waals surface area contributed by atoms with Gasteiger partial charge in [-0.05, 0) is 140 Å². The number of nitrogens with zero attached hydrogens (tertiary/aromatic N) is 2. The summed E-state index contributed by atoms with van der Waals surface area (Å²) in [6, 6.07) is 88.3. The van der Waals surface area contributed by atoms with Gasteiger partial charge >= 0.3 is 0 Å². The van der Waals surface area contributed by atoms with Crippen molar-refractivity contribution in [3.8, 4) is 55.6 Å². The maximum atomic E-state index is 2.56. The molecule has 16 rings (SSSR count). The quantitative estimate of drug-likeness (QED) is 0.163. The van der Waals surface area contributed by atoms with Gasteiger partial charge in [0.2, 0.25) is 0 Å². The van der Waals surface area contributed by atoms with E-state index in [2.05, 4.69) is 282 Å². The highest BCUT2D eigenvalue weighted by molar-refractivity contribution is 6.22. The zero-order valence-corrected chi connectivity index (χ0v) is 44.3. The number of benzene rings is 12. The second-order valence-corrected chi connectivity index (χ2v) is 23.1. The lowest BCUT2D eigenvalue weighted by Crippen LogP contribution is -2.31. The zero-order chi connectivity index (χ0) is 51.7. The van der Waals surface area contributed by atoms with E-state index in [1.807, 2.05) is 0 Å². The van der Waals surface area contributed by atoms with Crippen LogP contribution in [0.15, 0.2) is 231 Å². The fraction of sp³-hybridized carbons (Fsp3) is 0.120. The summed E-state index contributed by atoms with van der Waals surface area (Å²) in [5.74, 6) is 0. The second-order valence-electron chi connectivity index (χ2n) is 23.1. The van der Waals surface area contributed by atoms with Crippen LogP contribution in [0.25, 0.3) is 88.0 Å². The first-order chi connectivity index (χ1) is 37.6. The molecule has 0 unspecified atom stereocenters. The minimum absolute atomic E-state index is 0.208. The number of hydrogen-bond donors (Lipinski definition) is 0. The number of para-hydroxylation sites is 4. The Balaban J connectivity index is 1.07. The van der Waals surface area contributed by atoms with Gasteiger partial charge in [-0.2, -0.15) is 0 Å². The van der Waals surface area contributed by atoms with E-state index in [9.17, 15) is 0 Å². The van der Waals surface area contributed by atoms with Gasteiger partial charge < -0.3 is 9.80 Å². The van der Waals surface area contributed by atoms with Crippen LogP contribution >= 0.6 is 0 Å². The molecule has 0 saturated carbocycles. The summed E-state index contributed by atoms with van der Waals surface area (Å²) in [7, 11) is 4.53. The average molecular weight is 985 g/mol. The summed E-state index contributed by atoms with van der Waals surface area (Å²) in [6.07, 6.45) is 0. The Morgan fingerprint density at radius 2 is 0.662 bits per heavy atom. The lowest BCUT2D eigenvalue weighted by atomic mass is 9.68. The van der Waals surface area contributed by atoms with Gasteiger partial charge in [-0.25, -0.2) is 0 Å². The van der Waals surface area contributed by atoms with E-state index in [-0.39, 0.29) is 10.8 Å². The van der Waals surface area contributed by atoms with Crippen LogP contribution in [0, 0.1) is 0 Å². The molecule has 0 radical (unpaired) electrons. The fourth-order valence-electron chi connectivity index (χ4n) is 15.5. The standard InChI is InChI=1S/C75H56N2/c1-73(2)61-36-13-15-40-66(61)76(5)71-53(30-20-38-64(71)73)47-26-17-28-51-57(47)44-58-48(54-31-21-39-65-72(54)77(6)67-41-16-14-37-62(67)74(65,3)4)27-18-29-52(58)68(51)55-32-19-33-56-69-46-23-8-7-22-45(46)42-43-63(69)75(70(55)56)59-34-11-9-24-49(59)50-25-10-12-35-60(50)75/h7-44H,1-6H3.